The van der Waals surface area contributed by atoms with E-state index in [1.165, 1.54) is 23.1 Å². The third-order valence-corrected chi connectivity index (χ3v) is 7.15. The molecule has 3 aromatic heterocycles. The minimum atomic E-state index is -0.480. The molecule has 0 radical (unpaired) electrons. The van der Waals surface area contributed by atoms with E-state index in [2.05, 4.69) is 20.5 Å². The molecule has 0 saturated carbocycles. The molecule has 7 nitrogen and oxygen atoms in total. The molecule has 1 aliphatic rings. The minimum absolute atomic E-state index is 0.155. The lowest BCUT2D eigenvalue weighted by Crippen LogP contribution is -2.19. The molecule has 0 aromatic carbocycles. The smallest absolute Gasteiger partial charge is 0.251 e. The molecule has 0 spiro atoms. The van der Waals surface area contributed by atoms with Crippen LogP contribution in [0.4, 0.5) is 5.00 Å². The number of primary amides is 1. The highest BCUT2D eigenvalue weighted by Gasteiger charge is 2.25. The standard InChI is InChI=1S/C17H17N5O2S3/c18-14(24)13-9-4-1-2-5-10(9)27-16(13)19-12(23)8-26-17-20-15(21-22-17)11-6-3-7-25-11/h3,6-7H,1-2,4-5,8H2,(H2,18,24)(H,19,23)(H,20,21,22). The number of aryl methyl sites for hydroxylation is 1. The minimum Gasteiger partial charge on any atom is -0.365 e. The van der Waals surface area contributed by atoms with Gasteiger partial charge in [-0.05, 0) is 42.7 Å². The molecule has 0 unspecified atom stereocenters. The van der Waals surface area contributed by atoms with Crippen LogP contribution in [-0.2, 0) is 17.6 Å². The van der Waals surface area contributed by atoms with Gasteiger partial charge in [0, 0.05) is 4.88 Å². The zero-order chi connectivity index (χ0) is 18.8. The number of hydrogen-bond donors (Lipinski definition) is 3. The molecule has 0 atom stereocenters. The summed E-state index contributed by atoms with van der Waals surface area (Å²) in [4.78, 5) is 30.8. The Labute approximate surface area is 167 Å². The van der Waals surface area contributed by atoms with Crippen molar-refractivity contribution in [2.45, 2.75) is 30.8 Å². The summed E-state index contributed by atoms with van der Waals surface area (Å²) in [5.74, 6) is 0.160. The predicted molar refractivity (Wildman–Crippen MR) is 109 cm³/mol. The number of anilines is 1. The van der Waals surface area contributed by atoms with Crippen LogP contribution in [-0.4, -0.2) is 32.7 Å². The van der Waals surface area contributed by atoms with Gasteiger partial charge in [0.15, 0.2) is 5.82 Å². The van der Waals surface area contributed by atoms with Gasteiger partial charge in [-0.3, -0.25) is 14.7 Å². The van der Waals surface area contributed by atoms with Gasteiger partial charge in [0.25, 0.3) is 5.91 Å². The van der Waals surface area contributed by atoms with Crippen molar-refractivity contribution < 1.29 is 9.59 Å². The summed E-state index contributed by atoms with van der Waals surface area (Å²) in [5.41, 5.74) is 7.05. The van der Waals surface area contributed by atoms with E-state index in [-0.39, 0.29) is 11.7 Å². The number of carbonyl (C=O) groups excluding carboxylic acids is 2. The highest BCUT2D eigenvalue weighted by atomic mass is 32.2. The highest BCUT2D eigenvalue weighted by Crippen LogP contribution is 2.38. The third-order valence-electron chi connectivity index (χ3n) is 4.22. The van der Waals surface area contributed by atoms with Crippen LogP contribution >= 0.6 is 34.4 Å². The van der Waals surface area contributed by atoms with Crippen molar-refractivity contribution in [3.63, 3.8) is 0 Å². The number of aromatic amines is 1. The maximum absolute atomic E-state index is 12.4. The van der Waals surface area contributed by atoms with E-state index in [4.69, 9.17) is 5.73 Å². The normalized spacial score (nSPS) is 13.3. The van der Waals surface area contributed by atoms with Crippen molar-refractivity contribution in [1.29, 1.82) is 0 Å². The first-order valence-corrected chi connectivity index (χ1v) is 11.1. The molecule has 3 heterocycles. The number of nitrogens with two attached hydrogens (primary N) is 1. The second kappa shape index (κ2) is 7.83. The van der Waals surface area contributed by atoms with Crippen LogP contribution in [0.1, 0.15) is 33.6 Å². The Kier molecular flexibility index (Phi) is 5.28. The number of nitrogens with zero attached hydrogens (tertiary/aromatic N) is 2. The van der Waals surface area contributed by atoms with Crippen molar-refractivity contribution in [1.82, 2.24) is 15.2 Å². The second-order valence-corrected chi connectivity index (χ2v) is 9.06. The number of carbonyl (C=O) groups is 2. The first kappa shape index (κ1) is 18.2. The average molecular weight is 420 g/mol. The zero-order valence-electron chi connectivity index (χ0n) is 14.3. The number of fused-ring (bicyclic) bond motifs is 1. The molecule has 2 amide bonds. The fourth-order valence-corrected chi connectivity index (χ4v) is 5.61. The van der Waals surface area contributed by atoms with E-state index in [9.17, 15) is 9.59 Å². The molecule has 1 aliphatic carbocycles. The Hall–Kier alpha value is -2.17. The van der Waals surface area contributed by atoms with Crippen LogP contribution in [0.2, 0.25) is 0 Å². The van der Waals surface area contributed by atoms with Gasteiger partial charge in [-0.1, -0.05) is 17.8 Å². The summed E-state index contributed by atoms with van der Waals surface area (Å²) >= 11 is 4.28. The Morgan fingerprint density at radius 2 is 2.19 bits per heavy atom. The number of rotatable bonds is 6. The van der Waals surface area contributed by atoms with Crippen molar-refractivity contribution >= 4 is 51.3 Å². The maximum Gasteiger partial charge on any atom is 0.251 e. The average Bonchev–Trinajstić information content (AvgIpc) is 3.38. The topological polar surface area (TPSA) is 114 Å². The van der Waals surface area contributed by atoms with Crippen molar-refractivity contribution in [3.8, 4) is 10.7 Å². The molecule has 4 N–H and O–H groups in total. The van der Waals surface area contributed by atoms with Gasteiger partial charge in [0.2, 0.25) is 11.1 Å². The summed E-state index contributed by atoms with van der Waals surface area (Å²) in [6, 6.07) is 3.90. The first-order valence-electron chi connectivity index (χ1n) is 8.45. The van der Waals surface area contributed by atoms with E-state index >= 15 is 0 Å². The number of H-pyrrole nitrogens is 1. The maximum atomic E-state index is 12.4. The van der Waals surface area contributed by atoms with Crippen LogP contribution in [0, 0.1) is 0 Å². The lowest BCUT2D eigenvalue weighted by Gasteiger charge is -2.11. The number of hydrogen-bond acceptors (Lipinski definition) is 7. The van der Waals surface area contributed by atoms with Crippen molar-refractivity contribution in [2.75, 3.05) is 11.1 Å². The van der Waals surface area contributed by atoms with Crippen LogP contribution in [0.5, 0.6) is 0 Å². The molecule has 140 valence electrons. The number of thiophene rings is 2. The fourth-order valence-electron chi connectivity index (χ4n) is 3.04. The van der Waals surface area contributed by atoms with Gasteiger partial charge >= 0.3 is 0 Å². The molecule has 0 aliphatic heterocycles. The lowest BCUT2D eigenvalue weighted by atomic mass is 9.95. The summed E-state index contributed by atoms with van der Waals surface area (Å²) in [6.07, 6.45) is 3.93. The SMILES string of the molecule is NC(=O)c1c(NC(=O)CSc2n[nH]c(-c3cccs3)n2)sc2c1CCCC2. The Bertz CT molecular complexity index is 977. The lowest BCUT2D eigenvalue weighted by molar-refractivity contribution is -0.113. The molecule has 4 rings (SSSR count). The van der Waals surface area contributed by atoms with Crippen LogP contribution in [0.25, 0.3) is 10.7 Å². The largest absolute Gasteiger partial charge is 0.365 e. The van der Waals surface area contributed by atoms with Crippen molar-refractivity contribution in [2.24, 2.45) is 5.73 Å². The van der Waals surface area contributed by atoms with Gasteiger partial charge < -0.3 is 11.1 Å². The summed E-state index contributed by atoms with van der Waals surface area (Å²) in [6.45, 7) is 0. The van der Waals surface area contributed by atoms with E-state index < -0.39 is 5.91 Å². The summed E-state index contributed by atoms with van der Waals surface area (Å²) in [5, 5.41) is 12.9. The van der Waals surface area contributed by atoms with E-state index in [1.54, 1.807) is 11.3 Å². The number of nitrogens with one attached hydrogen (secondary N) is 2. The number of amides is 2. The van der Waals surface area contributed by atoms with Gasteiger partial charge in [-0.2, -0.15) is 0 Å². The summed E-state index contributed by atoms with van der Waals surface area (Å²) < 4.78 is 0. The molecule has 0 bridgehead atoms. The number of thioether (sulfide) groups is 1. The van der Waals surface area contributed by atoms with E-state index in [0.717, 1.165) is 41.0 Å². The monoisotopic (exact) mass is 419 g/mol. The molecular formula is C17H17N5O2S3. The van der Waals surface area contributed by atoms with Crippen LogP contribution in [0.3, 0.4) is 0 Å². The Morgan fingerprint density at radius 3 is 2.96 bits per heavy atom. The number of aromatic nitrogens is 3. The van der Waals surface area contributed by atoms with E-state index in [1.807, 2.05) is 17.5 Å². The quantitative estimate of drug-likeness (QED) is 0.531. The molecule has 10 heteroatoms. The Balaban J connectivity index is 1.41. The third kappa shape index (κ3) is 3.92. The first-order chi connectivity index (χ1) is 13.1. The van der Waals surface area contributed by atoms with Crippen molar-refractivity contribution in [3.05, 3.63) is 33.5 Å². The fraction of sp³-hybridized carbons (Fsp3) is 0.294. The predicted octanol–water partition coefficient (Wildman–Crippen LogP) is 3.30. The van der Waals surface area contributed by atoms with Crippen LogP contribution in [0.15, 0.2) is 22.7 Å². The Morgan fingerprint density at radius 1 is 1.33 bits per heavy atom. The molecule has 0 fully saturated rings. The highest BCUT2D eigenvalue weighted by molar-refractivity contribution is 7.99. The molecular weight excluding hydrogens is 402 g/mol. The molecule has 27 heavy (non-hydrogen) atoms. The van der Waals surface area contributed by atoms with E-state index in [0.29, 0.717) is 21.5 Å². The summed E-state index contributed by atoms with van der Waals surface area (Å²) in [7, 11) is 0. The molecule has 3 aromatic rings. The van der Waals surface area contributed by atoms with Gasteiger partial charge in [-0.25, -0.2) is 4.98 Å². The molecule has 0 saturated heterocycles. The second-order valence-electron chi connectivity index (χ2n) is 6.06. The van der Waals surface area contributed by atoms with Gasteiger partial charge in [-0.15, -0.1) is 27.8 Å². The zero-order valence-corrected chi connectivity index (χ0v) is 16.7. The van der Waals surface area contributed by atoms with Crippen LogP contribution < -0.4 is 11.1 Å². The van der Waals surface area contributed by atoms with Gasteiger partial charge in [0.1, 0.15) is 5.00 Å². The van der Waals surface area contributed by atoms with Gasteiger partial charge in [0.05, 0.1) is 16.2 Å².